The lowest BCUT2D eigenvalue weighted by atomic mass is 10.0. The van der Waals surface area contributed by atoms with Crippen molar-refractivity contribution in [3.8, 4) is 0 Å². The van der Waals surface area contributed by atoms with Gasteiger partial charge in [-0.1, -0.05) is 37.3 Å². The first-order valence-corrected chi connectivity index (χ1v) is 6.83. The molecule has 0 aliphatic rings. The Kier molecular flexibility index (Phi) is 4.77. The fourth-order valence-corrected chi connectivity index (χ4v) is 2.14. The van der Waals surface area contributed by atoms with Crippen LogP contribution in [0.2, 0.25) is 0 Å². The summed E-state index contributed by atoms with van der Waals surface area (Å²) < 4.78 is 0. The molecular weight excluding hydrogens is 250 g/mol. The first kappa shape index (κ1) is 14.1. The van der Waals surface area contributed by atoms with E-state index in [1.807, 2.05) is 30.3 Å². The van der Waals surface area contributed by atoms with Crippen molar-refractivity contribution in [1.29, 1.82) is 0 Å². The number of carboxylic acid groups (broad SMARTS) is 1. The van der Waals surface area contributed by atoms with E-state index in [-0.39, 0.29) is 0 Å². The third-order valence-electron chi connectivity index (χ3n) is 3.32. The lowest BCUT2D eigenvalue weighted by Gasteiger charge is -2.18. The molecule has 0 bridgehead atoms. The van der Waals surface area contributed by atoms with Gasteiger partial charge in [-0.3, -0.25) is 0 Å². The van der Waals surface area contributed by atoms with Gasteiger partial charge in [-0.15, -0.1) is 0 Å². The van der Waals surface area contributed by atoms with E-state index >= 15 is 0 Å². The maximum atomic E-state index is 10.8. The van der Waals surface area contributed by atoms with Crippen LogP contribution in [0.1, 0.15) is 29.3 Å². The molecule has 2 N–H and O–H groups in total. The van der Waals surface area contributed by atoms with Gasteiger partial charge in [-0.05, 0) is 42.7 Å². The van der Waals surface area contributed by atoms with Crippen LogP contribution in [0.3, 0.4) is 0 Å². The van der Waals surface area contributed by atoms with E-state index in [1.54, 1.807) is 12.1 Å². The minimum Gasteiger partial charge on any atom is -0.478 e. The molecule has 2 aromatic carbocycles. The van der Waals surface area contributed by atoms with Gasteiger partial charge in [-0.25, -0.2) is 4.79 Å². The summed E-state index contributed by atoms with van der Waals surface area (Å²) in [5, 5.41) is 12.3. The Morgan fingerprint density at radius 2 is 1.75 bits per heavy atom. The lowest BCUT2D eigenvalue weighted by Crippen LogP contribution is -2.21. The molecule has 20 heavy (non-hydrogen) atoms. The van der Waals surface area contributed by atoms with Crippen LogP contribution in [0, 0.1) is 0 Å². The Bertz CT molecular complexity index is 549. The standard InChI is InChI=1S/C17H19NO2/c1-2-15(12-13-6-4-3-5-7-13)18-16-10-8-14(9-11-16)17(19)20/h3-11,15,18H,2,12H2,1H3,(H,19,20). The van der Waals surface area contributed by atoms with Crippen molar-refractivity contribution < 1.29 is 9.90 Å². The topological polar surface area (TPSA) is 49.3 Å². The molecule has 0 spiro atoms. The molecule has 0 fully saturated rings. The monoisotopic (exact) mass is 269 g/mol. The number of rotatable bonds is 6. The normalized spacial score (nSPS) is 11.8. The first-order valence-electron chi connectivity index (χ1n) is 6.83. The molecule has 104 valence electrons. The van der Waals surface area contributed by atoms with Crippen LogP contribution in [-0.2, 0) is 6.42 Å². The van der Waals surface area contributed by atoms with Crippen LogP contribution in [0.4, 0.5) is 5.69 Å². The highest BCUT2D eigenvalue weighted by atomic mass is 16.4. The Hall–Kier alpha value is -2.29. The van der Waals surface area contributed by atoms with Gasteiger partial charge in [0, 0.05) is 11.7 Å². The number of benzene rings is 2. The number of aromatic carboxylic acids is 1. The minimum atomic E-state index is -0.895. The van der Waals surface area contributed by atoms with Crippen molar-refractivity contribution in [2.45, 2.75) is 25.8 Å². The largest absolute Gasteiger partial charge is 0.478 e. The highest BCUT2D eigenvalue weighted by Crippen LogP contribution is 2.14. The average molecular weight is 269 g/mol. The molecule has 1 atom stereocenters. The summed E-state index contributed by atoms with van der Waals surface area (Å²) in [6.45, 7) is 2.15. The number of anilines is 1. The maximum absolute atomic E-state index is 10.8. The Morgan fingerprint density at radius 3 is 2.30 bits per heavy atom. The quantitative estimate of drug-likeness (QED) is 0.838. The zero-order valence-corrected chi connectivity index (χ0v) is 11.5. The second-order valence-electron chi connectivity index (χ2n) is 4.82. The molecule has 3 heteroatoms. The van der Waals surface area contributed by atoms with E-state index in [0.717, 1.165) is 18.5 Å². The number of nitrogens with one attached hydrogen (secondary N) is 1. The first-order chi connectivity index (χ1) is 9.69. The highest BCUT2D eigenvalue weighted by molar-refractivity contribution is 5.88. The molecule has 2 rings (SSSR count). The smallest absolute Gasteiger partial charge is 0.335 e. The number of hydrogen-bond acceptors (Lipinski definition) is 2. The molecule has 2 aromatic rings. The van der Waals surface area contributed by atoms with Crippen molar-refractivity contribution in [1.82, 2.24) is 0 Å². The molecule has 0 heterocycles. The SMILES string of the molecule is CCC(Cc1ccccc1)Nc1ccc(C(=O)O)cc1. The lowest BCUT2D eigenvalue weighted by molar-refractivity contribution is 0.0697. The van der Waals surface area contributed by atoms with Gasteiger partial charge in [-0.2, -0.15) is 0 Å². The van der Waals surface area contributed by atoms with Gasteiger partial charge < -0.3 is 10.4 Å². The molecule has 0 radical (unpaired) electrons. The van der Waals surface area contributed by atoms with E-state index < -0.39 is 5.97 Å². The van der Waals surface area contributed by atoms with Gasteiger partial charge in [0.2, 0.25) is 0 Å². The summed E-state index contributed by atoms with van der Waals surface area (Å²) >= 11 is 0. The van der Waals surface area contributed by atoms with Crippen LogP contribution in [0.5, 0.6) is 0 Å². The molecule has 0 aliphatic carbocycles. The molecule has 3 nitrogen and oxygen atoms in total. The maximum Gasteiger partial charge on any atom is 0.335 e. The fraction of sp³-hybridized carbons (Fsp3) is 0.235. The van der Waals surface area contributed by atoms with Crippen LogP contribution in [0.15, 0.2) is 54.6 Å². The minimum absolute atomic E-state index is 0.312. The van der Waals surface area contributed by atoms with Gasteiger partial charge in [0.25, 0.3) is 0 Å². The third kappa shape index (κ3) is 3.85. The van der Waals surface area contributed by atoms with Crippen LogP contribution < -0.4 is 5.32 Å². The Balaban J connectivity index is 2.01. The fourth-order valence-electron chi connectivity index (χ4n) is 2.14. The predicted molar refractivity (Wildman–Crippen MR) is 81.2 cm³/mol. The second-order valence-corrected chi connectivity index (χ2v) is 4.82. The second kappa shape index (κ2) is 6.75. The molecule has 0 aromatic heterocycles. The van der Waals surface area contributed by atoms with Gasteiger partial charge in [0.15, 0.2) is 0 Å². The van der Waals surface area contributed by atoms with E-state index in [0.29, 0.717) is 11.6 Å². The summed E-state index contributed by atoms with van der Waals surface area (Å²) in [5.74, 6) is -0.895. The molecular formula is C17H19NO2. The zero-order chi connectivity index (χ0) is 14.4. The zero-order valence-electron chi connectivity index (χ0n) is 11.5. The summed E-state index contributed by atoms with van der Waals surface area (Å²) in [4.78, 5) is 10.8. The summed E-state index contributed by atoms with van der Waals surface area (Å²) in [6.07, 6.45) is 1.97. The van der Waals surface area contributed by atoms with Crippen LogP contribution >= 0.6 is 0 Å². The van der Waals surface area contributed by atoms with E-state index in [1.165, 1.54) is 5.56 Å². The van der Waals surface area contributed by atoms with Crippen molar-refractivity contribution >= 4 is 11.7 Å². The molecule has 0 saturated carbocycles. The van der Waals surface area contributed by atoms with Crippen LogP contribution in [0.25, 0.3) is 0 Å². The molecule has 1 unspecified atom stereocenters. The number of hydrogen-bond donors (Lipinski definition) is 2. The average Bonchev–Trinajstić information content (AvgIpc) is 2.48. The third-order valence-corrected chi connectivity index (χ3v) is 3.32. The van der Waals surface area contributed by atoms with E-state index in [2.05, 4.69) is 24.4 Å². The molecule has 0 aliphatic heterocycles. The van der Waals surface area contributed by atoms with Gasteiger partial charge >= 0.3 is 5.97 Å². The van der Waals surface area contributed by atoms with Crippen LogP contribution in [-0.4, -0.2) is 17.1 Å². The van der Waals surface area contributed by atoms with E-state index in [4.69, 9.17) is 5.11 Å². The number of carboxylic acids is 1. The van der Waals surface area contributed by atoms with Crippen molar-refractivity contribution in [3.63, 3.8) is 0 Å². The predicted octanol–water partition coefficient (Wildman–Crippen LogP) is 3.82. The Morgan fingerprint density at radius 1 is 1.10 bits per heavy atom. The van der Waals surface area contributed by atoms with E-state index in [9.17, 15) is 4.79 Å². The highest BCUT2D eigenvalue weighted by Gasteiger charge is 2.08. The Labute approximate surface area is 119 Å². The van der Waals surface area contributed by atoms with Crippen molar-refractivity contribution in [3.05, 3.63) is 65.7 Å². The summed E-state index contributed by atoms with van der Waals surface area (Å²) in [6, 6.07) is 17.6. The number of carbonyl (C=O) groups is 1. The summed E-state index contributed by atoms with van der Waals surface area (Å²) in [5.41, 5.74) is 2.57. The van der Waals surface area contributed by atoms with Gasteiger partial charge in [0.1, 0.15) is 0 Å². The molecule has 0 amide bonds. The van der Waals surface area contributed by atoms with Crippen molar-refractivity contribution in [2.24, 2.45) is 0 Å². The van der Waals surface area contributed by atoms with Gasteiger partial charge in [0.05, 0.1) is 5.56 Å². The van der Waals surface area contributed by atoms with Crippen molar-refractivity contribution in [2.75, 3.05) is 5.32 Å². The molecule has 0 saturated heterocycles. The summed E-state index contributed by atoms with van der Waals surface area (Å²) in [7, 11) is 0.